The summed E-state index contributed by atoms with van der Waals surface area (Å²) in [5.41, 5.74) is 1.26. The van der Waals surface area contributed by atoms with Gasteiger partial charge < -0.3 is 9.73 Å². The predicted octanol–water partition coefficient (Wildman–Crippen LogP) is 3.17. The van der Waals surface area contributed by atoms with Gasteiger partial charge in [-0.25, -0.2) is 0 Å². The van der Waals surface area contributed by atoms with Crippen LogP contribution in [0.5, 0.6) is 0 Å². The molecule has 0 saturated carbocycles. The van der Waals surface area contributed by atoms with Crippen molar-refractivity contribution in [3.8, 4) is 0 Å². The Morgan fingerprint density at radius 2 is 2.11 bits per heavy atom. The fourth-order valence-electron chi connectivity index (χ4n) is 3.25. The van der Waals surface area contributed by atoms with E-state index in [9.17, 15) is 0 Å². The summed E-state index contributed by atoms with van der Waals surface area (Å²) in [4.78, 5) is 2.57. The Morgan fingerprint density at radius 1 is 1.37 bits per heavy atom. The Hall–Kier alpha value is -0.800. The summed E-state index contributed by atoms with van der Waals surface area (Å²) < 4.78 is 5.97. The molecule has 2 rings (SSSR count). The lowest BCUT2D eigenvalue weighted by Crippen LogP contribution is -2.45. The fraction of sp³-hybridized carbons (Fsp3) is 0.750. The second kappa shape index (κ2) is 6.10. The summed E-state index contributed by atoms with van der Waals surface area (Å²) in [5.74, 6) is 3.75. The van der Waals surface area contributed by atoms with Gasteiger partial charge in [0.15, 0.2) is 0 Å². The number of nitrogens with zero attached hydrogens (tertiary/aromatic N) is 1. The van der Waals surface area contributed by atoms with Crippen LogP contribution in [0.3, 0.4) is 0 Å². The van der Waals surface area contributed by atoms with Crippen molar-refractivity contribution < 1.29 is 4.42 Å². The molecule has 3 atom stereocenters. The van der Waals surface area contributed by atoms with Crippen LogP contribution in [0.25, 0.3) is 0 Å². The van der Waals surface area contributed by atoms with Crippen molar-refractivity contribution >= 4 is 0 Å². The van der Waals surface area contributed by atoms with E-state index in [1.165, 1.54) is 18.5 Å². The van der Waals surface area contributed by atoms with Crippen LogP contribution in [-0.4, -0.2) is 24.5 Å². The quantitative estimate of drug-likeness (QED) is 0.905. The van der Waals surface area contributed by atoms with Crippen LogP contribution >= 0.6 is 0 Å². The molecule has 1 saturated heterocycles. The van der Waals surface area contributed by atoms with Crippen LogP contribution in [0.1, 0.15) is 44.3 Å². The van der Waals surface area contributed by atoms with E-state index >= 15 is 0 Å². The van der Waals surface area contributed by atoms with Gasteiger partial charge in [0.1, 0.15) is 11.5 Å². The first-order valence-corrected chi connectivity index (χ1v) is 7.48. The van der Waals surface area contributed by atoms with Gasteiger partial charge >= 0.3 is 0 Å². The molecule has 1 aliphatic rings. The first-order valence-electron chi connectivity index (χ1n) is 7.48. The molecular weight excluding hydrogens is 236 g/mol. The van der Waals surface area contributed by atoms with Gasteiger partial charge in [-0.1, -0.05) is 13.8 Å². The molecular formula is C16H28N2O. The van der Waals surface area contributed by atoms with Crippen molar-refractivity contribution in [1.29, 1.82) is 0 Å². The van der Waals surface area contributed by atoms with Crippen LogP contribution in [0.15, 0.2) is 10.5 Å². The van der Waals surface area contributed by atoms with E-state index in [4.69, 9.17) is 4.42 Å². The first-order chi connectivity index (χ1) is 9.01. The molecule has 0 aromatic carbocycles. The molecule has 0 bridgehead atoms. The van der Waals surface area contributed by atoms with E-state index < -0.39 is 0 Å². The van der Waals surface area contributed by atoms with Crippen molar-refractivity contribution in [2.24, 2.45) is 11.8 Å². The van der Waals surface area contributed by atoms with E-state index in [0.29, 0.717) is 6.04 Å². The monoisotopic (exact) mass is 264 g/mol. The molecule has 0 amide bonds. The maximum absolute atomic E-state index is 5.97. The molecule has 1 N–H and O–H groups in total. The van der Waals surface area contributed by atoms with Gasteiger partial charge in [0.25, 0.3) is 0 Å². The number of hydrogen-bond donors (Lipinski definition) is 1. The third kappa shape index (κ3) is 3.40. The number of nitrogens with one attached hydrogen (secondary N) is 1. The maximum Gasteiger partial charge on any atom is 0.120 e. The summed E-state index contributed by atoms with van der Waals surface area (Å²) in [6, 6.07) is 2.85. The van der Waals surface area contributed by atoms with Crippen LogP contribution in [0, 0.1) is 18.8 Å². The molecule has 108 valence electrons. The van der Waals surface area contributed by atoms with Crippen molar-refractivity contribution in [3.05, 3.63) is 23.2 Å². The Bertz CT molecular complexity index is 413. The highest BCUT2D eigenvalue weighted by Gasteiger charge is 2.29. The SMILES string of the molecule is CNCc1oc(CN2CC(C)CC(C)C2C)cc1C. The van der Waals surface area contributed by atoms with Crippen molar-refractivity contribution in [2.45, 2.75) is 53.2 Å². The molecule has 3 heteroatoms. The summed E-state index contributed by atoms with van der Waals surface area (Å²) in [5, 5.41) is 3.16. The topological polar surface area (TPSA) is 28.4 Å². The smallest absolute Gasteiger partial charge is 0.120 e. The molecule has 0 aliphatic carbocycles. The molecule has 1 fully saturated rings. The number of hydrogen-bond acceptors (Lipinski definition) is 3. The summed E-state index contributed by atoms with van der Waals surface area (Å²) in [7, 11) is 1.96. The van der Waals surface area contributed by atoms with Crippen LogP contribution in [-0.2, 0) is 13.1 Å². The summed E-state index contributed by atoms with van der Waals surface area (Å²) >= 11 is 0. The lowest BCUT2D eigenvalue weighted by atomic mass is 9.86. The average molecular weight is 264 g/mol. The van der Waals surface area contributed by atoms with Gasteiger partial charge in [-0.3, -0.25) is 4.90 Å². The van der Waals surface area contributed by atoms with Gasteiger partial charge in [-0.15, -0.1) is 0 Å². The second-order valence-electron chi connectivity index (χ2n) is 6.34. The number of rotatable bonds is 4. The Kier molecular flexibility index (Phi) is 4.69. The Balaban J connectivity index is 2.05. The number of piperidine rings is 1. The lowest BCUT2D eigenvalue weighted by molar-refractivity contribution is 0.0665. The largest absolute Gasteiger partial charge is 0.463 e. The zero-order valence-electron chi connectivity index (χ0n) is 13.0. The van der Waals surface area contributed by atoms with E-state index in [1.807, 2.05) is 7.05 Å². The molecule has 19 heavy (non-hydrogen) atoms. The fourth-order valence-corrected chi connectivity index (χ4v) is 3.25. The van der Waals surface area contributed by atoms with Gasteiger partial charge in [0.05, 0.1) is 13.1 Å². The maximum atomic E-state index is 5.97. The highest BCUT2D eigenvalue weighted by Crippen LogP contribution is 2.28. The zero-order valence-corrected chi connectivity index (χ0v) is 13.0. The van der Waals surface area contributed by atoms with Crippen molar-refractivity contribution in [1.82, 2.24) is 10.2 Å². The average Bonchev–Trinajstić information content (AvgIpc) is 2.67. The highest BCUT2D eigenvalue weighted by atomic mass is 16.3. The number of likely N-dealkylation sites (tertiary alicyclic amines) is 1. The Labute approximate surface area is 117 Å². The van der Waals surface area contributed by atoms with Crippen molar-refractivity contribution in [2.75, 3.05) is 13.6 Å². The van der Waals surface area contributed by atoms with E-state index in [-0.39, 0.29) is 0 Å². The molecule has 1 aromatic heterocycles. The number of aryl methyl sites for hydroxylation is 1. The molecule has 3 unspecified atom stereocenters. The van der Waals surface area contributed by atoms with Gasteiger partial charge in [-0.05, 0) is 50.8 Å². The van der Waals surface area contributed by atoms with Gasteiger partial charge in [-0.2, -0.15) is 0 Å². The predicted molar refractivity (Wildman–Crippen MR) is 79.0 cm³/mol. The Morgan fingerprint density at radius 3 is 2.79 bits per heavy atom. The van der Waals surface area contributed by atoms with Gasteiger partial charge in [0.2, 0.25) is 0 Å². The minimum Gasteiger partial charge on any atom is -0.463 e. The van der Waals surface area contributed by atoms with E-state index in [2.05, 4.69) is 44.0 Å². The molecule has 1 aromatic rings. The van der Waals surface area contributed by atoms with Crippen LogP contribution in [0.4, 0.5) is 0 Å². The lowest BCUT2D eigenvalue weighted by Gasteiger charge is -2.40. The second-order valence-corrected chi connectivity index (χ2v) is 6.34. The third-order valence-electron chi connectivity index (χ3n) is 4.49. The molecule has 0 radical (unpaired) electrons. The molecule has 0 spiro atoms. The summed E-state index contributed by atoms with van der Waals surface area (Å²) in [6.45, 7) is 12.1. The third-order valence-corrected chi connectivity index (χ3v) is 4.49. The van der Waals surface area contributed by atoms with Crippen molar-refractivity contribution in [3.63, 3.8) is 0 Å². The first kappa shape index (κ1) is 14.6. The molecule has 1 aliphatic heterocycles. The van der Waals surface area contributed by atoms with Crippen LogP contribution in [0.2, 0.25) is 0 Å². The standard InChI is InChI=1S/C16H28N2O/c1-11-6-12(2)14(4)18(9-11)10-15-7-13(3)16(19-15)8-17-5/h7,11-12,14,17H,6,8-10H2,1-5H3. The molecule has 3 nitrogen and oxygen atoms in total. The van der Waals surface area contributed by atoms with Crippen LogP contribution < -0.4 is 5.32 Å². The minimum atomic E-state index is 0.648. The van der Waals surface area contributed by atoms with E-state index in [1.54, 1.807) is 0 Å². The normalized spacial score (nSPS) is 28.8. The molecule has 2 heterocycles. The zero-order chi connectivity index (χ0) is 14.0. The van der Waals surface area contributed by atoms with Gasteiger partial charge in [0, 0.05) is 12.6 Å². The number of furan rings is 1. The minimum absolute atomic E-state index is 0.648. The highest BCUT2D eigenvalue weighted by molar-refractivity contribution is 5.20. The van der Waals surface area contributed by atoms with E-state index in [0.717, 1.165) is 36.4 Å². The summed E-state index contributed by atoms with van der Waals surface area (Å²) in [6.07, 6.45) is 1.35.